The van der Waals surface area contributed by atoms with Gasteiger partial charge in [-0.3, -0.25) is 4.79 Å². The SMILES string of the molecule is CCC1CCN(c2nnnn2Cc2cccc(C(=O)NC)c2)CC1. The number of carbonyl (C=O) groups is 1. The maximum atomic E-state index is 11.8. The molecule has 2 aromatic rings. The number of piperidine rings is 1. The lowest BCUT2D eigenvalue weighted by Crippen LogP contribution is -2.35. The lowest BCUT2D eigenvalue weighted by molar-refractivity contribution is 0.0963. The van der Waals surface area contributed by atoms with Crippen LogP contribution in [-0.4, -0.2) is 46.3 Å². The Balaban J connectivity index is 1.73. The molecule has 128 valence electrons. The summed E-state index contributed by atoms with van der Waals surface area (Å²) in [6.07, 6.45) is 3.62. The molecule has 7 nitrogen and oxygen atoms in total. The molecule has 7 heteroatoms. The van der Waals surface area contributed by atoms with Crippen molar-refractivity contribution < 1.29 is 4.79 Å². The zero-order valence-electron chi connectivity index (χ0n) is 14.3. The number of hydrogen-bond donors (Lipinski definition) is 1. The molecule has 1 amide bonds. The van der Waals surface area contributed by atoms with E-state index in [-0.39, 0.29) is 5.91 Å². The van der Waals surface area contributed by atoms with Gasteiger partial charge >= 0.3 is 0 Å². The van der Waals surface area contributed by atoms with Gasteiger partial charge in [0.2, 0.25) is 5.95 Å². The summed E-state index contributed by atoms with van der Waals surface area (Å²) in [7, 11) is 1.63. The van der Waals surface area contributed by atoms with E-state index in [0.717, 1.165) is 30.5 Å². The highest BCUT2D eigenvalue weighted by Crippen LogP contribution is 2.23. The van der Waals surface area contributed by atoms with Gasteiger partial charge in [-0.25, -0.2) is 4.68 Å². The molecule has 0 atom stereocenters. The number of amides is 1. The van der Waals surface area contributed by atoms with Crippen molar-refractivity contribution in [2.24, 2.45) is 5.92 Å². The van der Waals surface area contributed by atoms with E-state index in [1.807, 2.05) is 22.9 Å². The molecule has 1 N–H and O–H groups in total. The van der Waals surface area contributed by atoms with E-state index in [1.54, 1.807) is 13.1 Å². The van der Waals surface area contributed by atoms with Crippen molar-refractivity contribution >= 4 is 11.9 Å². The number of benzene rings is 1. The van der Waals surface area contributed by atoms with Crippen LogP contribution in [0.1, 0.15) is 42.1 Å². The van der Waals surface area contributed by atoms with Crippen LogP contribution in [0.3, 0.4) is 0 Å². The van der Waals surface area contributed by atoms with Crippen LogP contribution in [0.4, 0.5) is 5.95 Å². The van der Waals surface area contributed by atoms with Gasteiger partial charge in [-0.2, -0.15) is 0 Å². The average Bonchev–Trinajstić information content (AvgIpc) is 3.09. The summed E-state index contributed by atoms with van der Waals surface area (Å²) >= 11 is 0. The first-order valence-electron chi connectivity index (χ1n) is 8.53. The number of aromatic nitrogens is 4. The third-order valence-corrected chi connectivity index (χ3v) is 4.74. The number of nitrogens with zero attached hydrogens (tertiary/aromatic N) is 5. The maximum absolute atomic E-state index is 11.8. The fourth-order valence-corrected chi connectivity index (χ4v) is 3.20. The number of carbonyl (C=O) groups excluding carboxylic acids is 1. The minimum atomic E-state index is -0.0876. The van der Waals surface area contributed by atoms with E-state index in [9.17, 15) is 4.79 Å². The van der Waals surface area contributed by atoms with Crippen molar-refractivity contribution in [3.05, 3.63) is 35.4 Å². The molecule has 1 aliphatic heterocycles. The van der Waals surface area contributed by atoms with Crippen LogP contribution in [0.25, 0.3) is 0 Å². The summed E-state index contributed by atoms with van der Waals surface area (Å²) in [6.45, 7) is 4.80. The van der Waals surface area contributed by atoms with Crippen molar-refractivity contribution in [3.8, 4) is 0 Å². The van der Waals surface area contributed by atoms with E-state index in [2.05, 4.69) is 32.7 Å². The third kappa shape index (κ3) is 3.55. The second kappa shape index (κ2) is 7.42. The number of anilines is 1. The van der Waals surface area contributed by atoms with Gasteiger partial charge in [0.25, 0.3) is 5.91 Å². The molecule has 0 radical (unpaired) electrons. The van der Waals surface area contributed by atoms with Gasteiger partial charge in [0.1, 0.15) is 0 Å². The van der Waals surface area contributed by atoms with Gasteiger partial charge in [-0.05, 0) is 46.9 Å². The Labute approximate surface area is 142 Å². The molecule has 1 aliphatic rings. The summed E-state index contributed by atoms with van der Waals surface area (Å²) in [5, 5.41) is 14.8. The maximum Gasteiger partial charge on any atom is 0.251 e. The third-order valence-electron chi connectivity index (χ3n) is 4.74. The fraction of sp³-hybridized carbons (Fsp3) is 0.529. The minimum Gasteiger partial charge on any atom is -0.355 e. The zero-order chi connectivity index (χ0) is 16.9. The normalized spacial score (nSPS) is 15.5. The first-order valence-corrected chi connectivity index (χ1v) is 8.53. The van der Waals surface area contributed by atoms with Crippen LogP contribution in [0.2, 0.25) is 0 Å². The van der Waals surface area contributed by atoms with Gasteiger partial charge in [0.15, 0.2) is 0 Å². The van der Waals surface area contributed by atoms with E-state index in [0.29, 0.717) is 12.1 Å². The van der Waals surface area contributed by atoms with Crippen LogP contribution >= 0.6 is 0 Å². The molecule has 0 spiro atoms. The monoisotopic (exact) mass is 328 g/mol. The van der Waals surface area contributed by atoms with Crippen molar-refractivity contribution in [3.63, 3.8) is 0 Å². The molecular formula is C17H24N6O. The molecule has 0 unspecified atom stereocenters. The largest absolute Gasteiger partial charge is 0.355 e. The number of rotatable bonds is 5. The van der Waals surface area contributed by atoms with Crippen molar-refractivity contribution in [1.29, 1.82) is 0 Å². The number of tetrazole rings is 1. The van der Waals surface area contributed by atoms with E-state index >= 15 is 0 Å². The summed E-state index contributed by atoms with van der Waals surface area (Å²) < 4.78 is 1.81. The smallest absolute Gasteiger partial charge is 0.251 e. The molecule has 1 aromatic carbocycles. The lowest BCUT2D eigenvalue weighted by atomic mass is 9.95. The second-order valence-electron chi connectivity index (χ2n) is 6.25. The fourth-order valence-electron chi connectivity index (χ4n) is 3.20. The Bertz CT molecular complexity index is 690. The first-order chi connectivity index (χ1) is 11.7. The Hall–Kier alpha value is -2.44. The van der Waals surface area contributed by atoms with Crippen LogP contribution in [0.5, 0.6) is 0 Å². The first kappa shape index (κ1) is 16.4. The molecular weight excluding hydrogens is 304 g/mol. The average molecular weight is 328 g/mol. The van der Waals surface area contributed by atoms with Gasteiger partial charge in [-0.15, -0.1) is 0 Å². The van der Waals surface area contributed by atoms with E-state index in [4.69, 9.17) is 0 Å². The van der Waals surface area contributed by atoms with Crippen LogP contribution < -0.4 is 10.2 Å². The summed E-state index contributed by atoms with van der Waals surface area (Å²) in [6, 6.07) is 7.56. The Morgan fingerprint density at radius 3 is 2.83 bits per heavy atom. The minimum absolute atomic E-state index is 0.0876. The Kier molecular flexibility index (Phi) is 5.08. The molecule has 24 heavy (non-hydrogen) atoms. The highest BCUT2D eigenvalue weighted by molar-refractivity contribution is 5.94. The molecule has 1 aromatic heterocycles. The molecule has 1 fully saturated rings. The predicted molar refractivity (Wildman–Crippen MR) is 92.0 cm³/mol. The standard InChI is InChI=1S/C17H24N6O/c1-3-13-7-9-22(10-8-13)17-19-20-21-23(17)12-14-5-4-6-15(11-14)16(24)18-2/h4-6,11,13H,3,7-10,12H2,1-2H3,(H,18,24). The van der Waals surface area contributed by atoms with E-state index < -0.39 is 0 Å². The lowest BCUT2D eigenvalue weighted by Gasteiger charge is -2.31. The van der Waals surface area contributed by atoms with Crippen molar-refractivity contribution in [1.82, 2.24) is 25.5 Å². The molecule has 3 rings (SSSR count). The number of nitrogens with one attached hydrogen (secondary N) is 1. The summed E-state index contributed by atoms with van der Waals surface area (Å²) in [5.74, 6) is 1.54. The molecule has 0 saturated carbocycles. The number of hydrogen-bond acceptors (Lipinski definition) is 5. The quantitative estimate of drug-likeness (QED) is 0.904. The highest BCUT2D eigenvalue weighted by atomic mass is 16.1. The van der Waals surface area contributed by atoms with Crippen LogP contribution in [0.15, 0.2) is 24.3 Å². The molecule has 2 heterocycles. The highest BCUT2D eigenvalue weighted by Gasteiger charge is 2.22. The molecule has 1 saturated heterocycles. The second-order valence-corrected chi connectivity index (χ2v) is 6.25. The van der Waals surface area contributed by atoms with Gasteiger partial charge in [-0.1, -0.05) is 30.6 Å². The Morgan fingerprint density at radius 2 is 2.12 bits per heavy atom. The van der Waals surface area contributed by atoms with E-state index in [1.165, 1.54) is 19.3 Å². The zero-order valence-corrected chi connectivity index (χ0v) is 14.3. The summed E-state index contributed by atoms with van der Waals surface area (Å²) in [4.78, 5) is 14.0. The summed E-state index contributed by atoms with van der Waals surface area (Å²) in [5.41, 5.74) is 1.65. The molecule has 0 bridgehead atoms. The van der Waals surface area contributed by atoms with Crippen LogP contribution in [-0.2, 0) is 6.54 Å². The molecule has 0 aliphatic carbocycles. The van der Waals surface area contributed by atoms with Gasteiger partial charge < -0.3 is 10.2 Å². The van der Waals surface area contributed by atoms with Crippen molar-refractivity contribution in [2.45, 2.75) is 32.7 Å². The van der Waals surface area contributed by atoms with Crippen molar-refractivity contribution in [2.75, 3.05) is 25.0 Å². The van der Waals surface area contributed by atoms with Crippen LogP contribution in [0, 0.1) is 5.92 Å². The topological polar surface area (TPSA) is 75.9 Å². The predicted octanol–water partition coefficient (Wildman–Crippen LogP) is 1.71. The van der Waals surface area contributed by atoms with Gasteiger partial charge in [0, 0.05) is 25.7 Å². The Morgan fingerprint density at radius 1 is 1.33 bits per heavy atom. The van der Waals surface area contributed by atoms with Gasteiger partial charge in [0.05, 0.1) is 6.54 Å².